The van der Waals surface area contributed by atoms with Crippen LogP contribution in [0.1, 0.15) is 12.0 Å². The van der Waals surface area contributed by atoms with Crippen LogP contribution in [0.3, 0.4) is 0 Å². The SMILES string of the molecule is CN(C)CCC(=O)NCc1ccc(S)c2ncccc12. The molecule has 5 heteroatoms. The van der Waals surface area contributed by atoms with E-state index in [0.29, 0.717) is 13.0 Å². The van der Waals surface area contributed by atoms with Gasteiger partial charge in [0.05, 0.1) is 5.52 Å². The Labute approximate surface area is 124 Å². The van der Waals surface area contributed by atoms with Crippen LogP contribution in [0.2, 0.25) is 0 Å². The molecule has 106 valence electrons. The van der Waals surface area contributed by atoms with Crippen LogP contribution in [0.25, 0.3) is 10.9 Å². The van der Waals surface area contributed by atoms with E-state index in [1.807, 2.05) is 43.3 Å². The van der Waals surface area contributed by atoms with Crippen molar-refractivity contribution < 1.29 is 4.79 Å². The summed E-state index contributed by atoms with van der Waals surface area (Å²) in [4.78, 5) is 18.9. The summed E-state index contributed by atoms with van der Waals surface area (Å²) in [6, 6.07) is 7.80. The van der Waals surface area contributed by atoms with Crippen molar-refractivity contribution in [2.75, 3.05) is 20.6 Å². The highest BCUT2D eigenvalue weighted by Gasteiger charge is 2.07. The molecule has 1 amide bonds. The van der Waals surface area contributed by atoms with Gasteiger partial charge in [0.25, 0.3) is 0 Å². The Morgan fingerprint density at radius 2 is 2.15 bits per heavy atom. The monoisotopic (exact) mass is 289 g/mol. The standard InChI is InChI=1S/C15H19N3OS/c1-18(2)9-7-14(19)17-10-11-5-6-13(20)15-12(11)4-3-8-16-15/h3-6,8,20H,7,9-10H2,1-2H3,(H,17,19). The third-order valence-electron chi connectivity index (χ3n) is 3.10. The maximum atomic E-state index is 11.8. The first-order valence-electron chi connectivity index (χ1n) is 6.55. The number of amides is 1. The van der Waals surface area contributed by atoms with Crippen molar-refractivity contribution in [1.29, 1.82) is 0 Å². The summed E-state index contributed by atoms with van der Waals surface area (Å²) in [5.41, 5.74) is 1.93. The Morgan fingerprint density at radius 3 is 2.90 bits per heavy atom. The number of fused-ring (bicyclic) bond motifs is 1. The second kappa shape index (κ2) is 6.72. The van der Waals surface area contributed by atoms with E-state index in [2.05, 4.69) is 22.9 Å². The van der Waals surface area contributed by atoms with Crippen LogP contribution in [0, 0.1) is 0 Å². The highest BCUT2D eigenvalue weighted by Crippen LogP contribution is 2.23. The molecule has 0 spiro atoms. The Balaban J connectivity index is 2.07. The van der Waals surface area contributed by atoms with Gasteiger partial charge in [-0.3, -0.25) is 9.78 Å². The minimum absolute atomic E-state index is 0.0608. The highest BCUT2D eigenvalue weighted by molar-refractivity contribution is 7.80. The molecule has 0 bridgehead atoms. The van der Waals surface area contributed by atoms with Crippen molar-refractivity contribution in [3.8, 4) is 0 Å². The maximum absolute atomic E-state index is 11.8. The first-order valence-corrected chi connectivity index (χ1v) is 6.99. The molecular formula is C15H19N3OS. The second-order valence-corrected chi connectivity index (χ2v) is 5.46. The topological polar surface area (TPSA) is 45.2 Å². The summed E-state index contributed by atoms with van der Waals surface area (Å²) < 4.78 is 0. The van der Waals surface area contributed by atoms with Gasteiger partial charge in [-0.1, -0.05) is 12.1 Å². The van der Waals surface area contributed by atoms with Gasteiger partial charge in [0, 0.05) is 36.0 Å². The molecule has 1 N–H and O–H groups in total. The van der Waals surface area contributed by atoms with Gasteiger partial charge in [0.15, 0.2) is 0 Å². The number of hydrogen-bond donors (Lipinski definition) is 2. The molecule has 0 saturated heterocycles. The first kappa shape index (κ1) is 14.8. The van der Waals surface area contributed by atoms with Crippen molar-refractivity contribution in [2.24, 2.45) is 0 Å². The Bertz CT molecular complexity index is 613. The Morgan fingerprint density at radius 1 is 1.35 bits per heavy atom. The minimum Gasteiger partial charge on any atom is -0.352 e. The fourth-order valence-electron chi connectivity index (χ4n) is 1.98. The molecule has 1 aromatic heterocycles. The quantitative estimate of drug-likeness (QED) is 0.829. The predicted octanol–water partition coefficient (Wildman–Crippen LogP) is 2.09. The Hall–Kier alpha value is -1.59. The maximum Gasteiger partial charge on any atom is 0.221 e. The lowest BCUT2D eigenvalue weighted by molar-refractivity contribution is -0.121. The number of rotatable bonds is 5. The zero-order valence-electron chi connectivity index (χ0n) is 11.8. The van der Waals surface area contributed by atoms with Crippen molar-refractivity contribution in [1.82, 2.24) is 15.2 Å². The van der Waals surface area contributed by atoms with E-state index >= 15 is 0 Å². The van der Waals surface area contributed by atoms with Gasteiger partial charge >= 0.3 is 0 Å². The number of thiol groups is 1. The van der Waals surface area contributed by atoms with Crippen LogP contribution in [0.15, 0.2) is 35.4 Å². The molecule has 0 aliphatic carbocycles. The van der Waals surface area contributed by atoms with Gasteiger partial charge < -0.3 is 10.2 Å². The predicted molar refractivity (Wildman–Crippen MR) is 84.0 cm³/mol. The van der Waals surface area contributed by atoms with E-state index < -0.39 is 0 Å². The van der Waals surface area contributed by atoms with E-state index in [1.54, 1.807) is 6.20 Å². The molecule has 0 aliphatic heterocycles. The van der Waals surface area contributed by atoms with Crippen LogP contribution in [-0.4, -0.2) is 36.4 Å². The number of nitrogens with zero attached hydrogens (tertiary/aromatic N) is 2. The Kier molecular flexibility index (Phi) is 4.98. The molecule has 1 heterocycles. The molecule has 4 nitrogen and oxygen atoms in total. The highest BCUT2D eigenvalue weighted by atomic mass is 32.1. The van der Waals surface area contributed by atoms with E-state index in [1.165, 1.54) is 0 Å². The largest absolute Gasteiger partial charge is 0.352 e. The van der Waals surface area contributed by atoms with Gasteiger partial charge in [0.1, 0.15) is 0 Å². The van der Waals surface area contributed by atoms with Gasteiger partial charge in [-0.25, -0.2) is 0 Å². The molecule has 0 radical (unpaired) electrons. The third kappa shape index (κ3) is 3.71. The number of pyridine rings is 1. The molecule has 2 aromatic rings. The summed E-state index contributed by atoms with van der Waals surface area (Å²) >= 11 is 4.41. The number of hydrogen-bond acceptors (Lipinski definition) is 4. The molecule has 0 unspecified atom stereocenters. The lowest BCUT2D eigenvalue weighted by Gasteiger charge is -2.11. The zero-order chi connectivity index (χ0) is 14.5. The molecule has 0 fully saturated rings. The van der Waals surface area contributed by atoms with Gasteiger partial charge in [0.2, 0.25) is 5.91 Å². The molecule has 1 aromatic carbocycles. The van der Waals surface area contributed by atoms with Crippen LogP contribution >= 0.6 is 12.6 Å². The second-order valence-electron chi connectivity index (χ2n) is 4.97. The van der Waals surface area contributed by atoms with Gasteiger partial charge in [-0.05, 0) is 31.8 Å². The fourth-order valence-corrected chi connectivity index (χ4v) is 2.23. The van der Waals surface area contributed by atoms with E-state index in [4.69, 9.17) is 0 Å². The number of benzene rings is 1. The normalized spacial score (nSPS) is 11.0. The van der Waals surface area contributed by atoms with E-state index in [-0.39, 0.29) is 5.91 Å². The van der Waals surface area contributed by atoms with E-state index in [0.717, 1.165) is 27.9 Å². The molecule has 20 heavy (non-hydrogen) atoms. The molecule has 2 rings (SSSR count). The summed E-state index contributed by atoms with van der Waals surface area (Å²) in [7, 11) is 3.91. The van der Waals surface area contributed by atoms with Gasteiger partial charge in [-0.2, -0.15) is 0 Å². The van der Waals surface area contributed by atoms with Crippen LogP contribution in [0.5, 0.6) is 0 Å². The van der Waals surface area contributed by atoms with Crippen molar-refractivity contribution >= 4 is 29.4 Å². The average Bonchev–Trinajstić information content (AvgIpc) is 2.45. The molecule has 0 atom stereocenters. The molecule has 0 aliphatic rings. The number of aromatic nitrogens is 1. The molecular weight excluding hydrogens is 270 g/mol. The summed E-state index contributed by atoms with van der Waals surface area (Å²) in [5.74, 6) is 0.0608. The van der Waals surface area contributed by atoms with Crippen molar-refractivity contribution in [2.45, 2.75) is 17.9 Å². The number of nitrogens with one attached hydrogen (secondary N) is 1. The number of carbonyl (C=O) groups excluding carboxylic acids is 1. The lowest BCUT2D eigenvalue weighted by Crippen LogP contribution is -2.27. The smallest absolute Gasteiger partial charge is 0.221 e. The summed E-state index contributed by atoms with van der Waals surface area (Å²) in [6.07, 6.45) is 2.26. The summed E-state index contributed by atoms with van der Waals surface area (Å²) in [5, 5.41) is 3.98. The van der Waals surface area contributed by atoms with Crippen molar-refractivity contribution in [3.05, 3.63) is 36.0 Å². The first-order chi connectivity index (χ1) is 9.58. The average molecular weight is 289 g/mol. The fraction of sp³-hybridized carbons (Fsp3) is 0.333. The number of carbonyl (C=O) groups is 1. The third-order valence-corrected chi connectivity index (χ3v) is 3.46. The minimum atomic E-state index is 0.0608. The summed E-state index contributed by atoms with van der Waals surface area (Å²) in [6.45, 7) is 1.27. The van der Waals surface area contributed by atoms with Crippen LogP contribution < -0.4 is 5.32 Å². The zero-order valence-corrected chi connectivity index (χ0v) is 12.7. The van der Waals surface area contributed by atoms with Crippen LogP contribution in [-0.2, 0) is 11.3 Å². The van der Waals surface area contributed by atoms with Gasteiger partial charge in [-0.15, -0.1) is 12.6 Å². The van der Waals surface area contributed by atoms with Crippen LogP contribution in [0.4, 0.5) is 0 Å². The van der Waals surface area contributed by atoms with E-state index in [9.17, 15) is 4.79 Å². The lowest BCUT2D eigenvalue weighted by atomic mass is 10.1. The molecule has 0 saturated carbocycles. The van der Waals surface area contributed by atoms with Crippen molar-refractivity contribution in [3.63, 3.8) is 0 Å².